The zero-order valence-corrected chi connectivity index (χ0v) is 63.6. The van der Waals surface area contributed by atoms with Gasteiger partial charge in [0.05, 0.1) is 0 Å². The Morgan fingerprint density at radius 3 is 0.730 bits per heavy atom. The zero-order valence-electron chi connectivity index (χ0n) is 63.6. The fourth-order valence-electron chi connectivity index (χ4n) is 18.9. The third kappa shape index (κ3) is 16.4. The summed E-state index contributed by atoms with van der Waals surface area (Å²) in [4.78, 5) is 0. The fraction of sp³-hybridized carbons (Fsp3) is 0.510. The van der Waals surface area contributed by atoms with Crippen LogP contribution in [0.3, 0.4) is 0 Å². The van der Waals surface area contributed by atoms with Crippen molar-refractivity contribution in [3.8, 4) is 55.6 Å². The minimum atomic E-state index is 0.0497. The maximum absolute atomic E-state index is 2.69. The summed E-state index contributed by atoms with van der Waals surface area (Å²) in [6.07, 6.45) is 52.5. The molecule has 10 aromatic rings. The van der Waals surface area contributed by atoms with Gasteiger partial charge in [0.25, 0.3) is 0 Å². The molecule has 12 rings (SSSR count). The molecule has 0 fully saturated rings. The van der Waals surface area contributed by atoms with E-state index in [-0.39, 0.29) is 10.8 Å². The number of aromatic nitrogens is 2. The molecule has 100 heavy (non-hydrogen) atoms. The van der Waals surface area contributed by atoms with Crippen molar-refractivity contribution >= 4 is 43.6 Å². The highest BCUT2D eigenvalue weighted by atomic mass is 15.0. The summed E-state index contributed by atoms with van der Waals surface area (Å²) in [7, 11) is 0. The molecule has 2 aromatic heterocycles. The van der Waals surface area contributed by atoms with E-state index in [9.17, 15) is 0 Å². The van der Waals surface area contributed by atoms with E-state index in [0.717, 1.165) is 13.1 Å². The van der Waals surface area contributed by atoms with Gasteiger partial charge in [0, 0.05) is 67.5 Å². The number of aryl methyl sites for hydroxylation is 2. The van der Waals surface area contributed by atoms with Gasteiger partial charge in [0.2, 0.25) is 0 Å². The van der Waals surface area contributed by atoms with Gasteiger partial charge in [-0.3, -0.25) is 0 Å². The lowest BCUT2D eigenvalue weighted by Crippen LogP contribution is -2.25. The lowest BCUT2D eigenvalue weighted by atomic mass is 9.70. The van der Waals surface area contributed by atoms with E-state index in [2.05, 4.69) is 208 Å². The Hall–Kier alpha value is -6.64. The normalized spacial score (nSPS) is 13.5. The van der Waals surface area contributed by atoms with E-state index >= 15 is 0 Å². The second-order valence-electron chi connectivity index (χ2n) is 31.6. The zero-order chi connectivity index (χ0) is 68.9. The van der Waals surface area contributed by atoms with Crippen molar-refractivity contribution < 1.29 is 0 Å². The number of hydrogen-bond acceptors (Lipinski definition) is 0. The molecule has 0 unspecified atom stereocenters. The first kappa shape index (κ1) is 73.1. The first-order valence-corrected chi connectivity index (χ1v) is 42.0. The molecule has 0 amide bonds. The van der Waals surface area contributed by atoms with Crippen molar-refractivity contribution in [2.75, 3.05) is 0 Å². The second-order valence-corrected chi connectivity index (χ2v) is 31.6. The molecule has 0 saturated carbocycles. The van der Waals surface area contributed by atoms with Crippen LogP contribution in [0, 0.1) is 0 Å². The van der Waals surface area contributed by atoms with Gasteiger partial charge < -0.3 is 9.13 Å². The second kappa shape index (κ2) is 36.5. The van der Waals surface area contributed by atoms with E-state index < -0.39 is 0 Å². The summed E-state index contributed by atoms with van der Waals surface area (Å²) in [6.45, 7) is 16.1. The van der Waals surface area contributed by atoms with Crippen molar-refractivity contribution in [3.05, 3.63) is 180 Å². The van der Waals surface area contributed by atoms with Gasteiger partial charge in [0.1, 0.15) is 0 Å². The topological polar surface area (TPSA) is 9.86 Å². The average molecular weight is 1330 g/mol. The van der Waals surface area contributed by atoms with E-state index in [1.807, 2.05) is 0 Å². The Kier molecular flexibility index (Phi) is 26.7. The standard InChI is InChI=1S/C98H128N2/c1-7-13-19-25-31-41-63-97(64-42-32-26-20-14-8-2)89-49-39-37-47-81(89)83-57-51-79(73-91(83)97)77-55-61-95-87(71-77)85-69-75(53-59-93(85)99(95)67-45-35-29-23-17-11-5)76-54-60-94-86(70-76)88-72-78(56-62-96(88)100(94)68-46-36-30-24-18-12-6)80-52-58-84-82-48-38-40-50-90(82)98(92(84)74-80,65-43-33-27-21-15-9-3)66-44-34-28-22-16-10-4/h37-40,47-62,69-74H,7-36,41-46,63-68H2,1-6H3. The van der Waals surface area contributed by atoms with Gasteiger partial charge in [-0.25, -0.2) is 0 Å². The minimum absolute atomic E-state index is 0.0497. The third-order valence-corrected chi connectivity index (χ3v) is 24.6. The first-order chi connectivity index (χ1) is 49.4. The van der Waals surface area contributed by atoms with E-state index in [4.69, 9.17) is 0 Å². The Morgan fingerprint density at radius 1 is 0.210 bits per heavy atom. The molecular formula is C98H128N2. The average Bonchev–Trinajstić information content (AvgIpc) is 1.60. The van der Waals surface area contributed by atoms with Gasteiger partial charge in [-0.1, -0.05) is 357 Å². The molecule has 2 nitrogen and oxygen atoms in total. The number of hydrogen-bond donors (Lipinski definition) is 0. The van der Waals surface area contributed by atoms with Crippen LogP contribution in [0.5, 0.6) is 0 Å². The smallest absolute Gasteiger partial charge is 0.0491 e. The van der Waals surface area contributed by atoms with Crippen LogP contribution < -0.4 is 0 Å². The van der Waals surface area contributed by atoms with Crippen LogP contribution in [-0.4, -0.2) is 9.13 Å². The molecule has 2 heterocycles. The maximum Gasteiger partial charge on any atom is 0.0491 e. The molecule has 0 N–H and O–H groups in total. The van der Waals surface area contributed by atoms with Crippen molar-refractivity contribution in [1.29, 1.82) is 0 Å². The molecule has 2 aliphatic carbocycles. The molecule has 530 valence electrons. The summed E-state index contributed by atoms with van der Waals surface area (Å²) in [5, 5.41) is 5.53. The summed E-state index contributed by atoms with van der Waals surface area (Å²) >= 11 is 0. The number of unbranched alkanes of at least 4 members (excludes halogenated alkanes) is 30. The number of fused-ring (bicyclic) bond motifs is 12. The van der Waals surface area contributed by atoms with Crippen molar-refractivity contribution in [3.63, 3.8) is 0 Å². The SMILES string of the molecule is CCCCCCCCn1c2ccc(-c3ccc4c(c3)C(CCCCCCCC)(CCCCCCCC)c3ccccc3-4)cc2c2cc(-c3ccc4c(c3)c3cc(-c5ccc6c(c5)C(CCCCCCCC)(CCCCCCCC)c5ccccc5-6)ccc3n4CCCCCCCC)ccc21. The van der Waals surface area contributed by atoms with Crippen LogP contribution in [0.25, 0.3) is 99.2 Å². The molecule has 0 aliphatic heterocycles. The van der Waals surface area contributed by atoms with Crippen LogP contribution in [0.15, 0.2) is 158 Å². The highest BCUT2D eigenvalue weighted by molar-refractivity contribution is 6.13. The maximum atomic E-state index is 2.69. The van der Waals surface area contributed by atoms with Crippen LogP contribution >= 0.6 is 0 Å². The van der Waals surface area contributed by atoms with E-state index in [0.29, 0.717) is 0 Å². The largest absolute Gasteiger partial charge is 0.340 e. The quantitative estimate of drug-likeness (QED) is 0.0337. The van der Waals surface area contributed by atoms with Crippen LogP contribution in [0.2, 0.25) is 0 Å². The Bertz CT molecular complexity index is 3910. The summed E-state index contributed by atoms with van der Waals surface area (Å²) < 4.78 is 5.38. The van der Waals surface area contributed by atoms with Crippen molar-refractivity contribution in [2.45, 2.75) is 322 Å². The molecule has 2 heteroatoms. The van der Waals surface area contributed by atoms with Crippen LogP contribution in [0.4, 0.5) is 0 Å². The Morgan fingerprint density at radius 2 is 0.440 bits per heavy atom. The van der Waals surface area contributed by atoms with Gasteiger partial charge in [-0.05, 0) is 177 Å². The van der Waals surface area contributed by atoms with Gasteiger partial charge >= 0.3 is 0 Å². The molecule has 0 radical (unpaired) electrons. The number of rotatable bonds is 45. The van der Waals surface area contributed by atoms with Crippen molar-refractivity contribution in [2.24, 2.45) is 0 Å². The van der Waals surface area contributed by atoms with Crippen LogP contribution in [-0.2, 0) is 23.9 Å². The number of benzene rings is 8. The van der Waals surface area contributed by atoms with E-state index in [1.165, 1.54) is 356 Å². The Labute approximate surface area is 607 Å². The van der Waals surface area contributed by atoms with Crippen LogP contribution in [0.1, 0.15) is 321 Å². The predicted octanol–water partition coefficient (Wildman–Crippen LogP) is 31.2. The lowest BCUT2D eigenvalue weighted by molar-refractivity contribution is 0.398. The predicted molar refractivity (Wildman–Crippen MR) is 440 cm³/mol. The molecule has 0 bridgehead atoms. The highest BCUT2D eigenvalue weighted by Crippen LogP contribution is 2.57. The molecule has 0 atom stereocenters. The first-order valence-electron chi connectivity index (χ1n) is 42.0. The summed E-state index contributed by atoms with van der Waals surface area (Å²) in [6, 6.07) is 64.7. The lowest BCUT2D eigenvalue weighted by Gasteiger charge is -2.33. The molecule has 2 aliphatic rings. The Balaban J connectivity index is 0.934. The molecule has 8 aromatic carbocycles. The number of nitrogens with zero attached hydrogens (tertiary/aromatic N) is 2. The third-order valence-electron chi connectivity index (χ3n) is 24.6. The fourth-order valence-corrected chi connectivity index (χ4v) is 18.9. The van der Waals surface area contributed by atoms with Crippen molar-refractivity contribution in [1.82, 2.24) is 9.13 Å². The minimum Gasteiger partial charge on any atom is -0.340 e. The van der Waals surface area contributed by atoms with Gasteiger partial charge in [-0.2, -0.15) is 0 Å². The van der Waals surface area contributed by atoms with E-state index in [1.54, 1.807) is 22.3 Å². The summed E-state index contributed by atoms with van der Waals surface area (Å²) in [5.41, 5.74) is 25.9. The summed E-state index contributed by atoms with van der Waals surface area (Å²) in [5.74, 6) is 0. The highest BCUT2D eigenvalue weighted by Gasteiger charge is 2.44. The monoisotopic (exact) mass is 1330 g/mol. The molecule has 0 spiro atoms. The molecular weight excluding hydrogens is 1210 g/mol. The molecule has 0 saturated heterocycles. The van der Waals surface area contributed by atoms with Gasteiger partial charge in [-0.15, -0.1) is 0 Å². The van der Waals surface area contributed by atoms with Gasteiger partial charge in [0.15, 0.2) is 0 Å².